The molecule has 1 rings (SSSR count). The molecular weight excluding hydrogens is 309 g/mol. The molecule has 0 aliphatic rings. The van der Waals surface area contributed by atoms with E-state index in [9.17, 15) is 5.11 Å². The van der Waals surface area contributed by atoms with Gasteiger partial charge in [0.15, 0.2) is 0 Å². The minimum atomic E-state index is -0.537. The summed E-state index contributed by atoms with van der Waals surface area (Å²) in [5, 5.41) is 14.0. The molecule has 0 aliphatic carbocycles. The van der Waals surface area contributed by atoms with Crippen LogP contribution in [0.5, 0.6) is 5.75 Å². The molecule has 0 fully saturated rings. The Morgan fingerprint density at radius 1 is 1.19 bits per heavy atom. The molecule has 0 saturated heterocycles. The highest BCUT2D eigenvalue weighted by Crippen LogP contribution is 2.26. The number of hydrogen-bond donors (Lipinski definition) is 2. The zero-order valence-electron chi connectivity index (χ0n) is 12.7. The van der Waals surface area contributed by atoms with Gasteiger partial charge in [-0.1, -0.05) is 49.9 Å². The van der Waals surface area contributed by atoms with E-state index in [-0.39, 0.29) is 6.61 Å². The molecule has 0 bridgehead atoms. The van der Waals surface area contributed by atoms with Crippen LogP contribution < -0.4 is 10.1 Å². The average molecular weight is 334 g/mol. The number of aliphatic hydroxyl groups excluding tert-OH is 1. The molecule has 0 radical (unpaired) electrons. The third-order valence-corrected chi connectivity index (χ3v) is 3.84. The lowest BCUT2D eigenvalue weighted by atomic mass is 10.1. The van der Waals surface area contributed by atoms with Crippen molar-refractivity contribution in [1.29, 1.82) is 0 Å². The fraction of sp³-hybridized carbons (Fsp3) is 0.625. The maximum absolute atomic E-state index is 9.83. The number of aliphatic hydroxyl groups is 1. The Morgan fingerprint density at radius 2 is 1.95 bits per heavy atom. The van der Waals surface area contributed by atoms with Crippen LogP contribution in [0.3, 0.4) is 0 Å². The first kappa shape index (κ1) is 18.6. The summed E-state index contributed by atoms with van der Waals surface area (Å²) in [7, 11) is 0. The van der Waals surface area contributed by atoms with E-state index in [0.717, 1.165) is 18.9 Å². The molecule has 1 aromatic carbocycles. The monoisotopic (exact) mass is 333 g/mol. The number of benzene rings is 1. The SMILES string of the molecule is CC(C)CCCCNCC(O)COc1ccc(Cl)c(Cl)c1. The Bertz CT molecular complexity index is 413. The lowest BCUT2D eigenvalue weighted by Gasteiger charge is -2.13. The lowest BCUT2D eigenvalue weighted by molar-refractivity contribution is 0.106. The normalized spacial score (nSPS) is 12.7. The van der Waals surface area contributed by atoms with Gasteiger partial charge in [0.05, 0.1) is 10.0 Å². The van der Waals surface area contributed by atoms with Gasteiger partial charge < -0.3 is 15.2 Å². The highest BCUT2D eigenvalue weighted by Gasteiger charge is 2.06. The van der Waals surface area contributed by atoms with Crippen molar-refractivity contribution in [2.24, 2.45) is 5.92 Å². The van der Waals surface area contributed by atoms with Crippen LogP contribution in [0.2, 0.25) is 10.0 Å². The smallest absolute Gasteiger partial charge is 0.121 e. The zero-order chi connectivity index (χ0) is 15.7. The van der Waals surface area contributed by atoms with E-state index in [0.29, 0.717) is 22.3 Å². The molecule has 1 unspecified atom stereocenters. The number of hydrogen-bond acceptors (Lipinski definition) is 3. The van der Waals surface area contributed by atoms with E-state index in [4.69, 9.17) is 27.9 Å². The van der Waals surface area contributed by atoms with Gasteiger partial charge in [0.1, 0.15) is 18.5 Å². The maximum Gasteiger partial charge on any atom is 0.121 e. The Kier molecular flexibility index (Phi) is 9.09. The largest absolute Gasteiger partial charge is 0.491 e. The summed E-state index contributed by atoms with van der Waals surface area (Å²) in [5.41, 5.74) is 0. The molecule has 0 amide bonds. The third kappa shape index (κ3) is 8.52. The maximum atomic E-state index is 9.83. The molecular formula is C16H25Cl2NO2. The fourth-order valence-corrected chi connectivity index (χ4v) is 2.18. The predicted molar refractivity (Wildman–Crippen MR) is 89.5 cm³/mol. The second kappa shape index (κ2) is 10.3. The van der Waals surface area contributed by atoms with Gasteiger partial charge in [0.25, 0.3) is 0 Å². The van der Waals surface area contributed by atoms with Crippen LogP contribution in [-0.2, 0) is 0 Å². The van der Waals surface area contributed by atoms with Crippen molar-refractivity contribution in [1.82, 2.24) is 5.32 Å². The molecule has 5 heteroatoms. The summed E-state index contributed by atoms with van der Waals surface area (Å²) >= 11 is 11.7. The molecule has 3 nitrogen and oxygen atoms in total. The molecule has 0 aliphatic heterocycles. The van der Waals surface area contributed by atoms with Crippen LogP contribution in [-0.4, -0.2) is 30.9 Å². The second-order valence-corrected chi connectivity index (χ2v) is 6.45. The van der Waals surface area contributed by atoms with E-state index < -0.39 is 6.10 Å². The minimum Gasteiger partial charge on any atom is -0.491 e. The van der Waals surface area contributed by atoms with E-state index in [1.54, 1.807) is 18.2 Å². The Morgan fingerprint density at radius 3 is 2.62 bits per heavy atom. The fourth-order valence-electron chi connectivity index (χ4n) is 1.89. The summed E-state index contributed by atoms with van der Waals surface area (Å²) in [6, 6.07) is 5.06. The molecule has 1 aromatic rings. The van der Waals surface area contributed by atoms with E-state index in [1.165, 1.54) is 12.8 Å². The molecule has 1 atom stereocenters. The molecule has 21 heavy (non-hydrogen) atoms. The van der Waals surface area contributed by atoms with Gasteiger partial charge in [0.2, 0.25) is 0 Å². The average Bonchev–Trinajstić information content (AvgIpc) is 2.43. The summed E-state index contributed by atoms with van der Waals surface area (Å²) in [4.78, 5) is 0. The highest BCUT2D eigenvalue weighted by molar-refractivity contribution is 6.42. The Hall–Kier alpha value is -0.480. The van der Waals surface area contributed by atoms with Gasteiger partial charge in [-0.3, -0.25) is 0 Å². The van der Waals surface area contributed by atoms with Gasteiger partial charge in [-0.2, -0.15) is 0 Å². The van der Waals surface area contributed by atoms with Crippen molar-refractivity contribution in [2.75, 3.05) is 19.7 Å². The van der Waals surface area contributed by atoms with Crippen molar-refractivity contribution in [3.8, 4) is 5.75 Å². The molecule has 0 aromatic heterocycles. The quantitative estimate of drug-likeness (QED) is 0.632. The lowest BCUT2D eigenvalue weighted by Crippen LogP contribution is -2.32. The Labute approximate surface area is 137 Å². The van der Waals surface area contributed by atoms with Crippen LogP contribution in [0.4, 0.5) is 0 Å². The summed E-state index contributed by atoms with van der Waals surface area (Å²) < 4.78 is 5.48. The van der Waals surface area contributed by atoms with Crippen LogP contribution in [0.1, 0.15) is 33.1 Å². The van der Waals surface area contributed by atoms with Crippen molar-refractivity contribution >= 4 is 23.2 Å². The molecule has 120 valence electrons. The number of halogens is 2. The number of nitrogens with one attached hydrogen (secondary N) is 1. The molecule has 0 heterocycles. The number of unbranched alkanes of at least 4 members (excludes halogenated alkanes) is 1. The Balaban J connectivity index is 2.10. The first-order valence-corrected chi connectivity index (χ1v) is 8.21. The summed E-state index contributed by atoms with van der Waals surface area (Å²) in [6.07, 6.45) is 3.08. The van der Waals surface area contributed by atoms with E-state index in [1.807, 2.05) is 0 Å². The molecule has 2 N–H and O–H groups in total. The first-order valence-electron chi connectivity index (χ1n) is 7.45. The van der Waals surface area contributed by atoms with Gasteiger partial charge in [-0.25, -0.2) is 0 Å². The second-order valence-electron chi connectivity index (χ2n) is 5.63. The summed E-state index contributed by atoms with van der Waals surface area (Å²) in [5.74, 6) is 1.37. The first-order chi connectivity index (χ1) is 9.99. The van der Waals surface area contributed by atoms with Crippen molar-refractivity contribution < 1.29 is 9.84 Å². The summed E-state index contributed by atoms with van der Waals surface area (Å²) in [6.45, 7) is 6.16. The number of ether oxygens (including phenoxy) is 1. The topological polar surface area (TPSA) is 41.5 Å². The van der Waals surface area contributed by atoms with Gasteiger partial charge in [-0.15, -0.1) is 0 Å². The predicted octanol–water partition coefficient (Wildman–Crippen LogP) is 4.15. The van der Waals surface area contributed by atoms with Gasteiger partial charge >= 0.3 is 0 Å². The van der Waals surface area contributed by atoms with Crippen LogP contribution >= 0.6 is 23.2 Å². The van der Waals surface area contributed by atoms with Crippen LogP contribution in [0.15, 0.2) is 18.2 Å². The standard InChI is InChI=1S/C16H25Cl2NO2/c1-12(2)5-3-4-8-19-10-13(20)11-21-14-6-7-15(17)16(18)9-14/h6-7,9,12-13,19-20H,3-5,8,10-11H2,1-2H3. The zero-order valence-corrected chi connectivity index (χ0v) is 14.3. The third-order valence-electron chi connectivity index (χ3n) is 3.10. The van der Waals surface area contributed by atoms with E-state index >= 15 is 0 Å². The van der Waals surface area contributed by atoms with Crippen molar-refractivity contribution in [2.45, 2.75) is 39.2 Å². The van der Waals surface area contributed by atoms with E-state index in [2.05, 4.69) is 19.2 Å². The highest BCUT2D eigenvalue weighted by atomic mass is 35.5. The van der Waals surface area contributed by atoms with Crippen molar-refractivity contribution in [3.05, 3.63) is 28.2 Å². The van der Waals surface area contributed by atoms with Crippen LogP contribution in [0.25, 0.3) is 0 Å². The molecule has 0 spiro atoms. The van der Waals surface area contributed by atoms with Gasteiger partial charge in [0, 0.05) is 12.6 Å². The van der Waals surface area contributed by atoms with Crippen molar-refractivity contribution in [3.63, 3.8) is 0 Å². The number of rotatable bonds is 10. The van der Waals surface area contributed by atoms with Crippen LogP contribution in [0, 0.1) is 5.92 Å². The van der Waals surface area contributed by atoms with Gasteiger partial charge in [-0.05, 0) is 31.0 Å². The minimum absolute atomic E-state index is 0.233. The molecule has 0 saturated carbocycles.